The first kappa shape index (κ1) is 16.3. The van der Waals surface area contributed by atoms with Gasteiger partial charge in [-0.25, -0.2) is 0 Å². The molecule has 0 saturated heterocycles. The number of hydrogen-bond donors (Lipinski definition) is 2. The smallest absolute Gasteiger partial charge is 0.143 e. The molecule has 2 rings (SSSR count). The van der Waals surface area contributed by atoms with Crippen LogP contribution in [-0.4, -0.2) is 12.2 Å². The zero-order valence-corrected chi connectivity index (χ0v) is 15.0. The molecule has 1 atom stereocenters. The Hall–Kier alpha value is -1.04. The van der Waals surface area contributed by atoms with Gasteiger partial charge in [0.15, 0.2) is 0 Å². The highest BCUT2D eigenvalue weighted by atomic mass is 79.9. The van der Waals surface area contributed by atoms with E-state index in [0.717, 1.165) is 11.3 Å². The molecule has 2 N–H and O–H groups in total. The second-order valence-electron chi connectivity index (χ2n) is 4.78. The summed E-state index contributed by atoms with van der Waals surface area (Å²) < 4.78 is 6.53. The molecule has 21 heavy (non-hydrogen) atoms. The van der Waals surface area contributed by atoms with Crippen LogP contribution >= 0.6 is 31.9 Å². The fourth-order valence-electron chi connectivity index (χ4n) is 2.00. The summed E-state index contributed by atoms with van der Waals surface area (Å²) in [4.78, 5) is 0. The third-order valence-electron chi connectivity index (χ3n) is 3.30. The Morgan fingerprint density at radius 1 is 1.14 bits per heavy atom. The maximum Gasteiger partial charge on any atom is 0.143 e. The van der Waals surface area contributed by atoms with Gasteiger partial charge >= 0.3 is 0 Å². The second-order valence-corrected chi connectivity index (χ2v) is 6.49. The van der Waals surface area contributed by atoms with Crippen LogP contribution in [0.5, 0.6) is 11.5 Å². The molecule has 5 heteroatoms. The Kier molecular flexibility index (Phi) is 5.67. The van der Waals surface area contributed by atoms with Gasteiger partial charge in [-0.15, -0.1) is 0 Å². The maximum atomic E-state index is 9.71. The van der Waals surface area contributed by atoms with Crippen molar-refractivity contribution in [1.29, 1.82) is 0 Å². The summed E-state index contributed by atoms with van der Waals surface area (Å²) in [5, 5.41) is 13.2. The molecule has 0 spiro atoms. The van der Waals surface area contributed by atoms with Crippen molar-refractivity contribution < 1.29 is 9.84 Å². The van der Waals surface area contributed by atoms with Crippen LogP contribution in [-0.2, 0) is 6.54 Å². The SMILES string of the molecule is COc1ccc([C@H](C)NCc2cc(Br)c(O)c(Br)c2)cc1. The average Bonchev–Trinajstić information content (AvgIpc) is 2.50. The van der Waals surface area contributed by atoms with Gasteiger partial charge in [0.1, 0.15) is 11.5 Å². The Morgan fingerprint density at radius 3 is 2.24 bits per heavy atom. The fourth-order valence-corrected chi connectivity index (χ4v) is 3.28. The molecule has 0 aliphatic carbocycles. The Balaban J connectivity index is 2.01. The monoisotopic (exact) mass is 413 g/mol. The van der Waals surface area contributed by atoms with Crippen molar-refractivity contribution in [3.63, 3.8) is 0 Å². The molecule has 0 aliphatic heterocycles. The molecule has 0 fully saturated rings. The van der Waals surface area contributed by atoms with Crippen LogP contribution in [0.4, 0.5) is 0 Å². The molecule has 0 radical (unpaired) electrons. The van der Waals surface area contributed by atoms with E-state index in [1.54, 1.807) is 7.11 Å². The van der Waals surface area contributed by atoms with Gasteiger partial charge in [-0.3, -0.25) is 0 Å². The quantitative estimate of drug-likeness (QED) is 0.739. The van der Waals surface area contributed by atoms with Crippen LogP contribution in [0.2, 0.25) is 0 Å². The topological polar surface area (TPSA) is 41.5 Å². The minimum Gasteiger partial charge on any atom is -0.506 e. The van der Waals surface area contributed by atoms with E-state index in [1.807, 2.05) is 24.3 Å². The molecule has 2 aromatic rings. The van der Waals surface area contributed by atoms with Crippen LogP contribution in [0, 0.1) is 0 Å². The van der Waals surface area contributed by atoms with Crippen LogP contribution in [0.3, 0.4) is 0 Å². The van der Waals surface area contributed by atoms with Crippen LogP contribution in [0.25, 0.3) is 0 Å². The predicted molar refractivity (Wildman–Crippen MR) is 91.8 cm³/mol. The zero-order valence-electron chi connectivity index (χ0n) is 11.9. The molecular weight excluding hydrogens is 398 g/mol. The summed E-state index contributed by atoms with van der Waals surface area (Å²) in [5.74, 6) is 1.08. The van der Waals surface area contributed by atoms with Crippen molar-refractivity contribution in [2.75, 3.05) is 7.11 Å². The number of phenols is 1. The number of hydrogen-bond acceptors (Lipinski definition) is 3. The lowest BCUT2D eigenvalue weighted by molar-refractivity contribution is 0.414. The first-order valence-electron chi connectivity index (χ1n) is 6.55. The first-order valence-corrected chi connectivity index (χ1v) is 8.14. The minimum atomic E-state index is 0.224. The number of methoxy groups -OCH3 is 1. The Morgan fingerprint density at radius 2 is 1.71 bits per heavy atom. The van der Waals surface area contributed by atoms with Gasteiger partial charge in [-0.05, 0) is 74.2 Å². The molecular formula is C16H17Br2NO2. The molecule has 0 aliphatic rings. The van der Waals surface area contributed by atoms with E-state index in [4.69, 9.17) is 4.74 Å². The normalized spacial score (nSPS) is 12.2. The van der Waals surface area contributed by atoms with Gasteiger partial charge in [-0.1, -0.05) is 12.1 Å². The van der Waals surface area contributed by atoms with Gasteiger partial charge in [0, 0.05) is 12.6 Å². The lowest BCUT2D eigenvalue weighted by Gasteiger charge is -2.15. The molecule has 3 nitrogen and oxygen atoms in total. The molecule has 0 unspecified atom stereocenters. The third kappa shape index (κ3) is 4.22. The summed E-state index contributed by atoms with van der Waals surface area (Å²) >= 11 is 6.69. The molecule has 0 bridgehead atoms. The van der Waals surface area contributed by atoms with E-state index in [0.29, 0.717) is 15.5 Å². The molecule has 2 aromatic carbocycles. The number of aromatic hydroxyl groups is 1. The number of ether oxygens (including phenoxy) is 1. The van der Waals surface area contributed by atoms with Crippen molar-refractivity contribution in [3.05, 3.63) is 56.5 Å². The summed E-state index contributed by atoms with van der Waals surface area (Å²) in [6.07, 6.45) is 0. The first-order chi connectivity index (χ1) is 10.0. The van der Waals surface area contributed by atoms with E-state index in [1.165, 1.54) is 5.56 Å². The molecule has 0 amide bonds. The van der Waals surface area contributed by atoms with Crippen molar-refractivity contribution in [1.82, 2.24) is 5.32 Å². The average molecular weight is 415 g/mol. The summed E-state index contributed by atoms with van der Waals surface area (Å²) in [5.41, 5.74) is 2.29. The number of halogens is 2. The van der Waals surface area contributed by atoms with Crippen LogP contribution in [0.15, 0.2) is 45.3 Å². The third-order valence-corrected chi connectivity index (χ3v) is 4.51. The second kappa shape index (κ2) is 7.29. The summed E-state index contributed by atoms with van der Waals surface area (Å²) in [7, 11) is 1.66. The molecule has 0 saturated carbocycles. The van der Waals surface area contributed by atoms with Crippen LogP contribution in [0.1, 0.15) is 24.1 Å². The van der Waals surface area contributed by atoms with E-state index < -0.39 is 0 Å². The van der Waals surface area contributed by atoms with Gasteiger partial charge in [0.25, 0.3) is 0 Å². The van der Waals surface area contributed by atoms with E-state index in [9.17, 15) is 5.11 Å². The number of rotatable bonds is 5. The number of nitrogens with one attached hydrogen (secondary N) is 1. The highest BCUT2D eigenvalue weighted by Gasteiger charge is 2.08. The predicted octanol–water partition coefficient (Wildman–Crippen LogP) is 4.78. The van der Waals surface area contributed by atoms with E-state index >= 15 is 0 Å². The zero-order chi connectivity index (χ0) is 15.4. The summed E-state index contributed by atoms with van der Waals surface area (Å²) in [6, 6.07) is 12.1. The largest absolute Gasteiger partial charge is 0.506 e. The van der Waals surface area contributed by atoms with Crippen molar-refractivity contribution in [2.45, 2.75) is 19.5 Å². The Labute approximate surface area is 141 Å². The lowest BCUT2D eigenvalue weighted by atomic mass is 10.1. The highest BCUT2D eigenvalue weighted by molar-refractivity contribution is 9.11. The van der Waals surface area contributed by atoms with E-state index in [2.05, 4.69) is 56.2 Å². The molecule has 0 aromatic heterocycles. The van der Waals surface area contributed by atoms with Gasteiger partial charge < -0.3 is 15.2 Å². The highest BCUT2D eigenvalue weighted by Crippen LogP contribution is 2.33. The lowest BCUT2D eigenvalue weighted by Crippen LogP contribution is -2.18. The summed E-state index contributed by atoms with van der Waals surface area (Å²) in [6.45, 7) is 2.83. The molecule has 112 valence electrons. The van der Waals surface area contributed by atoms with Crippen molar-refractivity contribution >= 4 is 31.9 Å². The van der Waals surface area contributed by atoms with Crippen molar-refractivity contribution in [3.8, 4) is 11.5 Å². The minimum absolute atomic E-state index is 0.224. The molecule has 0 heterocycles. The van der Waals surface area contributed by atoms with Crippen LogP contribution < -0.4 is 10.1 Å². The van der Waals surface area contributed by atoms with Crippen molar-refractivity contribution in [2.24, 2.45) is 0 Å². The van der Waals surface area contributed by atoms with Gasteiger partial charge in [0.2, 0.25) is 0 Å². The number of benzene rings is 2. The van der Waals surface area contributed by atoms with E-state index in [-0.39, 0.29) is 11.8 Å². The van der Waals surface area contributed by atoms with Gasteiger partial charge in [-0.2, -0.15) is 0 Å². The standard InChI is InChI=1S/C16H17Br2NO2/c1-10(12-3-5-13(21-2)6-4-12)19-9-11-7-14(17)16(20)15(18)8-11/h3-8,10,19-20H,9H2,1-2H3/t10-/m0/s1. The van der Waals surface area contributed by atoms with Gasteiger partial charge in [0.05, 0.1) is 16.1 Å². The maximum absolute atomic E-state index is 9.71. The number of phenolic OH excluding ortho intramolecular Hbond substituents is 1. The Bertz CT molecular complexity index is 591. The fraction of sp³-hybridized carbons (Fsp3) is 0.250.